The molecule has 0 radical (unpaired) electrons. The second-order valence-electron chi connectivity index (χ2n) is 3.82. The van der Waals surface area contributed by atoms with Gasteiger partial charge in [-0.05, 0) is 12.8 Å². The number of hydrogen-bond donors (Lipinski definition) is 1. The summed E-state index contributed by atoms with van der Waals surface area (Å²) in [7, 11) is 0. The maximum absolute atomic E-state index is 5.48. The predicted octanol–water partition coefficient (Wildman–Crippen LogP) is 2.07. The molecular weight excluding hydrogens is 188 g/mol. The molecule has 15 heavy (non-hydrogen) atoms. The first kappa shape index (κ1) is 12.2. The number of nitrogens with one attached hydrogen (secondary N) is 1. The molecule has 0 saturated heterocycles. The summed E-state index contributed by atoms with van der Waals surface area (Å²) < 4.78 is 7.77. The Morgan fingerprint density at radius 2 is 2.13 bits per heavy atom. The van der Waals surface area contributed by atoms with Gasteiger partial charge in [-0.25, -0.2) is 9.55 Å². The quantitative estimate of drug-likeness (QED) is 0.517. The lowest BCUT2D eigenvalue weighted by atomic mass is 10.3. The number of imidazole rings is 1. The van der Waals surface area contributed by atoms with E-state index in [4.69, 9.17) is 4.74 Å². The zero-order valence-corrected chi connectivity index (χ0v) is 9.96. The van der Waals surface area contributed by atoms with E-state index in [2.05, 4.69) is 29.6 Å². The van der Waals surface area contributed by atoms with Gasteiger partial charge in [0.2, 0.25) is 0 Å². The van der Waals surface area contributed by atoms with Gasteiger partial charge in [-0.15, -0.1) is 0 Å². The van der Waals surface area contributed by atoms with Crippen molar-refractivity contribution in [3.63, 3.8) is 0 Å². The second-order valence-corrected chi connectivity index (χ2v) is 3.82. The third-order valence-electron chi connectivity index (χ3n) is 2.44. The Labute approximate surface area is 92.5 Å². The Kier molecular flexibility index (Phi) is 6.09. The van der Waals surface area contributed by atoms with Gasteiger partial charge in [0, 0.05) is 6.61 Å². The fourth-order valence-corrected chi connectivity index (χ4v) is 1.57. The molecule has 0 bridgehead atoms. The maximum atomic E-state index is 5.48. The van der Waals surface area contributed by atoms with Crippen LogP contribution in [-0.4, -0.2) is 18.2 Å². The molecule has 0 aliphatic heterocycles. The molecule has 0 aliphatic carbocycles. The van der Waals surface area contributed by atoms with Crippen LogP contribution in [0.3, 0.4) is 0 Å². The van der Waals surface area contributed by atoms with E-state index in [-0.39, 0.29) is 0 Å². The van der Waals surface area contributed by atoms with Gasteiger partial charge in [-0.1, -0.05) is 20.3 Å². The van der Waals surface area contributed by atoms with E-state index < -0.39 is 0 Å². The first-order valence-electron chi connectivity index (χ1n) is 6.02. The van der Waals surface area contributed by atoms with E-state index in [0.29, 0.717) is 0 Å². The molecule has 1 aromatic heterocycles. The van der Waals surface area contributed by atoms with Gasteiger partial charge in [-0.2, -0.15) is 0 Å². The van der Waals surface area contributed by atoms with Crippen LogP contribution in [0.15, 0.2) is 12.4 Å². The van der Waals surface area contributed by atoms with E-state index in [9.17, 15) is 0 Å². The third kappa shape index (κ3) is 4.47. The Morgan fingerprint density at radius 3 is 2.87 bits per heavy atom. The smallest absolute Gasteiger partial charge is 0.256 e. The lowest BCUT2D eigenvalue weighted by Crippen LogP contribution is -2.36. The molecule has 0 saturated carbocycles. The minimum Gasteiger partial charge on any atom is -0.381 e. The molecule has 0 fully saturated rings. The monoisotopic (exact) mass is 211 g/mol. The zero-order valence-electron chi connectivity index (χ0n) is 9.96. The lowest BCUT2D eigenvalue weighted by Gasteiger charge is -2.01. The summed E-state index contributed by atoms with van der Waals surface area (Å²) in [6.07, 6.45) is 8.68. The number of ether oxygens (including phenoxy) is 1. The fourth-order valence-electron chi connectivity index (χ4n) is 1.57. The molecule has 0 amide bonds. The van der Waals surface area contributed by atoms with Gasteiger partial charge in [-0.3, -0.25) is 0 Å². The summed E-state index contributed by atoms with van der Waals surface area (Å²) in [5, 5.41) is 0. The highest BCUT2D eigenvalue weighted by atomic mass is 16.5. The normalized spacial score (nSPS) is 10.8. The Bertz CT molecular complexity index is 258. The zero-order chi connectivity index (χ0) is 10.9. The van der Waals surface area contributed by atoms with Gasteiger partial charge in [0.05, 0.1) is 19.6 Å². The molecule has 1 N–H and O–H groups in total. The van der Waals surface area contributed by atoms with Crippen LogP contribution in [0.4, 0.5) is 0 Å². The van der Waals surface area contributed by atoms with Crippen molar-refractivity contribution in [2.24, 2.45) is 0 Å². The van der Waals surface area contributed by atoms with Gasteiger partial charge in [0.25, 0.3) is 5.82 Å². The van der Waals surface area contributed by atoms with Gasteiger partial charge in [0.1, 0.15) is 12.4 Å². The van der Waals surface area contributed by atoms with Crippen molar-refractivity contribution >= 4 is 0 Å². The molecule has 0 spiro atoms. The van der Waals surface area contributed by atoms with Crippen molar-refractivity contribution in [1.29, 1.82) is 0 Å². The van der Waals surface area contributed by atoms with E-state index >= 15 is 0 Å². The van der Waals surface area contributed by atoms with Crippen LogP contribution in [0.25, 0.3) is 0 Å². The number of aromatic amines is 1. The third-order valence-corrected chi connectivity index (χ3v) is 2.44. The Morgan fingerprint density at radius 1 is 1.27 bits per heavy atom. The van der Waals surface area contributed by atoms with Gasteiger partial charge < -0.3 is 4.74 Å². The number of aryl methyl sites for hydroxylation is 1. The van der Waals surface area contributed by atoms with Crippen molar-refractivity contribution in [3.05, 3.63) is 18.2 Å². The highest BCUT2D eigenvalue weighted by Crippen LogP contribution is 1.93. The van der Waals surface area contributed by atoms with Crippen LogP contribution < -0.4 is 4.57 Å². The van der Waals surface area contributed by atoms with E-state index in [1.165, 1.54) is 18.7 Å². The largest absolute Gasteiger partial charge is 0.381 e. The minimum absolute atomic E-state index is 0.820. The Balaban J connectivity index is 2.29. The topological polar surface area (TPSA) is 28.9 Å². The molecule has 3 nitrogen and oxygen atoms in total. The summed E-state index contributed by atoms with van der Waals surface area (Å²) in [4.78, 5) is 3.27. The van der Waals surface area contributed by atoms with Crippen LogP contribution in [0, 0.1) is 0 Å². The summed E-state index contributed by atoms with van der Waals surface area (Å²) in [5.41, 5.74) is 0. The highest BCUT2D eigenvalue weighted by molar-refractivity contribution is 4.77. The van der Waals surface area contributed by atoms with E-state index in [0.717, 1.165) is 32.6 Å². The summed E-state index contributed by atoms with van der Waals surface area (Å²) in [6.45, 7) is 7.16. The highest BCUT2D eigenvalue weighted by Gasteiger charge is 2.08. The number of aromatic nitrogens is 2. The molecule has 1 heterocycles. The summed E-state index contributed by atoms with van der Waals surface area (Å²) >= 11 is 0. The maximum Gasteiger partial charge on any atom is 0.256 e. The van der Waals surface area contributed by atoms with Gasteiger partial charge >= 0.3 is 0 Å². The predicted molar refractivity (Wildman–Crippen MR) is 60.7 cm³/mol. The van der Waals surface area contributed by atoms with Crippen LogP contribution in [0.5, 0.6) is 0 Å². The number of rotatable bonds is 8. The van der Waals surface area contributed by atoms with Gasteiger partial charge in [0.15, 0.2) is 0 Å². The molecule has 1 aromatic rings. The number of H-pyrrole nitrogens is 1. The van der Waals surface area contributed by atoms with E-state index in [1.54, 1.807) is 0 Å². The van der Waals surface area contributed by atoms with Crippen molar-refractivity contribution in [2.75, 3.05) is 13.2 Å². The molecular formula is C12H23N2O+. The average molecular weight is 211 g/mol. The standard InChI is InChI=1S/C12H22N2O/c1-3-5-8-14-9-7-13-12(14)6-11-15-10-4-2/h7,9H,3-6,8,10-11H2,1-2H3/p+1. The van der Waals surface area contributed by atoms with E-state index in [1.807, 2.05) is 6.20 Å². The number of hydrogen-bond acceptors (Lipinski definition) is 1. The Hall–Kier alpha value is -0.830. The molecule has 86 valence electrons. The van der Waals surface area contributed by atoms with Crippen molar-refractivity contribution in [1.82, 2.24) is 4.98 Å². The molecule has 0 aromatic carbocycles. The van der Waals surface area contributed by atoms with Crippen LogP contribution in [0.2, 0.25) is 0 Å². The van der Waals surface area contributed by atoms with Crippen LogP contribution in [0.1, 0.15) is 38.9 Å². The molecule has 0 unspecified atom stereocenters. The van der Waals surface area contributed by atoms with Crippen LogP contribution in [-0.2, 0) is 17.7 Å². The SMILES string of the molecule is CCCC[n+]1cc[nH]c1CCOCCC. The van der Waals surface area contributed by atoms with Crippen molar-refractivity contribution < 1.29 is 9.30 Å². The fraction of sp³-hybridized carbons (Fsp3) is 0.750. The number of nitrogens with zero attached hydrogens (tertiary/aromatic N) is 1. The molecule has 0 aliphatic rings. The first-order valence-corrected chi connectivity index (χ1v) is 6.02. The molecule has 1 rings (SSSR count). The lowest BCUT2D eigenvalue weighted by molar-refractivity contribution is -0.703. The first-order chi connectivity index (χ1) is 7.38. The summed E-state index contributed by atoms with van der Waals surface area (Å²) in [6, 6.07) is 0. The molecule has 3 heteroatoms. The van der Waals surface area contributed by atoms with Crippen LogP contribution >= 0.6 is 0 Å². The average Bonchev–Trinajstić information content (AvgIpc) is 2.69. The molecule has 0 atom stereocenters. The summed E-state index contributed by atoms with van der Waals surface area (Å²) in [5.74, 6) is 1.28. The van der Waals surface area contributed by atoms with Crippen molar-refractivity contribution in [2.45, 2.75) is 46.1 Å². The minimum atomic E-state index is 0.820. The van der Waals surface area contributed by atoms with Crippen molar-refractivity contribution in [3.8, 4) is 0 Å². The number of unbranched alkanes of at least 4 members (excludes halogenated alkanes) is 1. The second kappa shape index (κ2) is 7.46.